The lowest BCUT2D eigenvalue weighted by molar-refractivity contribution is -0.120. The second-order valence-corrected chi connectivity index (χ2v) is 5.14. The highest BCUT2D eigenvalue weighted by Crippen LogP contribution is 2.16. The van der Waals surface area contributed by atoms with E-state index in [1.54, 1.807) is 36.0 Å². The van der Waals surface area contributed by atoms with Crippen LogP contribution < -0.4 is 21.5 Å². The van der Waals surface area contributed by atoms with E-state index in [0.717, 1.165) is 5.75 Å². The third-order valence-electron chi connectivity index (χ3n) is 2.47. The number of hydrogen-bond acceptors (Lipinski definition) is 5. The van der Waals surface area contributed by atoms with E-state index in [4.69, 9.17) is 16.2 Å². The average molecular weight is 297 g/mol. The second-order valence-electron chi connectivity index (χ2n) is 4.16. The van der Waals surface area contributed by atoms with Gasteiger partial charge in [0, 0.05) is 5.69 Å². The van der Waals surface area contributed by atoms with E-state index in [2.05, 4.69) is 5.32 Å². The Morgan fingerprint density at radius 1 is 1.35 bits per heavy atom. The number of primary amides is 1. The van der Waals surface area contributed by atoms with Crippen molar-refractivity contribution in [2.75, 3.05) is 23.9 Å². The molecule has 6 nitrogen and oxygen atoms in total. The van der Waals surface area contributed by atoms with Crippen molar-refractivity contribution in [3.63, 3.8) is 0 Å². The Labute approximate surface area is 122 Å². The van der Waals surface area contributed by atoms with Crippen molar-refractivity contribution < 1.29 is 14.3 Å². The monoisotopic (exact) mass is 297 g/mol. The average Bonchev–Trinajstić information content (AvgIpc) is 2.43. The molecule has 7 heteroatoms. The number of amides is 2. The smallest absolute Gasteiger partial charge is 0.255 e. The summed E-state index contributed by atoms with van der Waals surface area (Å²) in [5.41, 5.74) is 11.4. The SMILES string of the molecule is CSCC[C@H](N)C(=O)Nc1ccc(OCC(N)=O)cc1. The van der Waals surface area contributed by atoms with Crippen LogP contribution in [0.25, 0.3) is 0 Å². The van der Waals surface area contributed by atoms with Crippen molar-refractivity contribution in [3.8, 4) is 5.75 Å². The molecular formula is C13H19N3O3S. The van der Waals surface area contributed by atoms with Gasteiger partial charge >= 0.3 is 0 Å². The number of carbonyl (C=O) groups excluding carboxylic acids is 2. The summed E-state index contributed by atoms with van der Waals surface area (Å²) in [6.45, 7) is -0.175. The molecule has 0 aromatic heterocycles. The molecule has 0 bridgehead atoms. The topological polar surface area (TPSA) is 107 Å². The van der Waals surface area contributed by atoms with Crippen molar-refractivity contribution in [1.82, 2.24) is 0 Å². The zero-order chi connectivity index (χ0) is 15.0. The Morgan fingerprint density at radius 3 is 2.55 bits per heavy atom. The van der Waals surface area contributed by atoms with E-state index in [0.29, 0.717) is 17.9 Å². The normalized spacial score (nSPS) is 11.7. The van der Waals surface area contributed by atoms with Gasteiger partial charge in [-0.15, -0.1) is 0 Å². The first-order chi connectivity index (χ1) is 9.52. The number of benzene rings is 1. The lowest BCUT2D eigenvalue weighted by atomic mass is 10.2. The third kappa shape index (κ3) is 5.94. The van der Waals surface area contributed by atoms with Crippen LogP contribution in [0.5, 0.6) is 5.75 Å². The molecule has 0 saturated carbocycles. The maximum Gasteiger partial charge on any atom is 0.255 e. The summed E-state index contributed by atoms with van der Waals surface area (Å²) < 4.78 is 5.11. The third-order valence-corrected chi connectivity index (χ3v) is 3.12. The Morgan fingerprint density at radius 2 is 2.00 bits per heavy atom. The zero-order valence-corrected chi connectivity index (χ0v) is 12.1. The van der Waals surface area contributed by atoms with Crippen LogP contribution in [0.1, 0.15) is 6.42 Å². The van der Waals surface area contributed by atoms with Crippen LogP contribution >= 0.6 is 11.8 Å². The second kappa shape index (κ2) is 8.44. The van der Waals surface area contributed by atoms with Crippen LogP contribution in [-0.2, 0) is 9.59 Å². The molecule has 0 saturated heterocycles. The van der Waals surface area contributed by atoms with Crippen molar-refractivity contribution in [2.24, 2.45) is 11.5 Å². The van der Waals surface area contributed by atoms with Crippen molar-refractivity contribution in [2.45, 2.75) is 12.5 Å². The number of rotatable bonds is 8. The fourth-order valence-corrected chi connectivity index (χ4v) is 1.89. The minimum Gasteiger partial charge on any atom is -0.484 e. The summed E-state index contributed by atoms with van der Waals surface area (Å²) in [5, 5.41) is 2.72. The van der Waals surface area contributed by atoms with Gasteiger partial charge < -0.3 is 21.5 Å². The minimum absolute atomic E-state index is 0.175. The van der Waals surface area contributed by atoms with Gasteiger partial charge in [0.15, 0.2) is 6.61 Å². The van der Waals surface area contributed by atoms with Gasteiger partial charge in [0.25, 0.3) is 5.91 Å². The Balaban J connectivity index is 2.48. The molecule has 1 atom stereocenters. The quantitative estimate of drug-likeness (QED) is 0.650. The highest BCUT2D eigenvalue weighted by molar-refractivity contribution is 7.98. The molecule has 0 aliphatic carbocycles. The van der Waals surface area contributed by atoms with E-state index in [1.807, 2.05) is 6.26 Å². The van der Waals surface area contributed by atoms with Crippen LogP contribution in [0.2, 0.25) is 0 Å². The molecule has 0 aliphatic heterocycles. The number of anilines is 1. The molecule has 1 aromatic rings. The van der Waals surface area contributed by atoms with Gasteiger partial charge in [-0.05, 0) is 42.7 Å². The molecular weight excluding hydrogens is 278 g/mol. The Kier molecular flexibility index (Phi) is 6.89. The lowest BCUT2D eigenvalue weighted by Crippen LogP contribution is -2.36. The first-order valence-electron chi connectivity index (χ1n) is 6.09. The van der Waals surface area contributed by atoms with Gasteiger partial charge in [0.2, 0.25) is 5.91 Å². The van der Waals surface area contributed by atoms with Crippen molar-refractivity contribution >= 4 is 29.3 Å². The Hall–Kier alpha value is -1.73. The predicted molar refractivity (Wildman–Crippen MR) is 80.7 cm³/mol. The standard InChI is InChI=1S/C13H19N3O3S/c1-20-7-6-11(14)13(18)16-9-2-4-10(5-3-9)19-8-12(15)17/h2-5,11H,6-8,14H2,1H3,(H2,15,17)(H,16,18)/t11-/m0/s1. The molecule has 0 fully saturated rings. The fourth-order valence-electron chi connectivity index (χ4n) is 1.40. The maximum atomic E-state index is 11.8. The molecule has 0 radical (unpaired) electrons. The van der Waals surface area contributed by atoms with Crippen LogP contribution in [0.15, 0.2) is 24.3 Å². The highest BCUT2D eigenvalue weighted by Gasteiger charge is 2.12. The number of thioether (sulfide) groups is 1. The minimum atomic E-state index is -0.540. The molecule has 5 N–H and O–H groups in total. The highest BCUT2D eigenvalue weighted by atomic mass is 32.2. The van der Waals surface area contributed by atoms with Gasteiger partial charge in [-0.25, -0.2) is 0 Å². The first kappa shape index (κ1) is 16.3. The molecule has 20 heavy (non-hydrogen) atoms. The van der Waals surface area contributed by atoms with E-state index in [9.17, 15) is 9.59 Å². The summed E-state index contributed by atoms with van der Waals surface area (Å²) >= 11 is 1.65. The summed E-state index contributed by atoms with van der Waals surface area (Å²) in [7, 11) is 0. The van der Waals surface area contributed by atoms with Crippen LogP contribution in [0.3, 0.4) is 0 Å². The number of ether oxygens (including phenoxy) is 1. The first-order valence-corrected chi connectivity index (χ1v) is 7.49. The largest absolute Gasteiger partial charge is 0.484 e. The zero-order valence-electron chi connectivity index (χ0n) is 11.3. The van der Waals surface area contributed by atoms with E-state index in [1.165, 1.54) is 0 Å². The van der Waals surface area contributed by atoms with Crippen molar-refractivity contribution in [1.29, 1.82) is 0 Å². The van der Waals surface area contributed by atoms with Crippen LogP contribution in [-0.4, -0.2) is 36.5 Å². The summed E-state index contributed by atoms with van der Waals surface area (Å²) in [5.74, 6) is 0.592. The van der Waals surface area contributed by atoms with Gasteiger partial charge in [-0.3, -0.25) is 9.59 Å². The molecule has 0 heterocycles. The molecule has 0 unspecified atom stereocenters. The number of hydrogen-bond donors (Lipinski definition) is 3. The Bertz CT molecular complexity index is 451. The molecule has 0 aliphatic rings. The summed E-state index contributed by atoms with van der Waals surface area (Å²) in [4.78, 5) is 22.4. The molecule has 1 rings (SSSR count). The van der Waals surface area contributed by atoms with E-state index >= 15 is 0 Å². The molecule has 110 valence electrons. The van der Waals surface area contributed by atoms with E-state index < -0.39 is 11.9 Å². The van der Waals surface area contributed by atoms with Crippen LogP contribution in [0, 0.1) is 0 Å². The van der Waals surface area contributed by atoms with Gasteiger partial charge in [0.1, 0.15) is 5.75 Å². The maximum absolute atomic E-state index is 11.8. The van der Waals surface area contributed by atoms with E-state index in [-0.39, 0.29) is 12.5 Å². The van der Waals surface area contributed by atoms with Gasteiger partial charge in [-0.1, -0.05) is 0 Å². The van der Waals surface area contributed by atoms with Gasteiger partial charge in [-0.2, -0.15) is 11.8 Å². The number of nitrogens with one attached hydrogen (secondary N) is 1. The molecule has 1 aromatic carbocycles. The number of carbonyl (C=O) groups is 2. The molecule has 0 spiro atoms. The summed E-state index contributed by atoms with van der Waals surface area (Å²) in [6, 6.07) is 6.12. The summed E-state index contributed by atoms with van der Waals surface area (Å²) in [6.07, 6.45) is 2.60. The van der Waals surface area contributed by atoms with Crippen molar-refractivity contribution in [3.05, 3.63) is 24.3 Å². The van der Waals surface area contributed by atoms with Crippen LogP contribution in [0.4, 0.5) is 5.69 Å². The van der Waals surface area contributed by atoms with Gasteiger partial charge in [0.05, 0.1) is 6.04 Å². The fraction of sp³-hybridized carbons (Fsp3) is 0.385. The lowest BCUT2D eigenvalue weighted by Gasteiger charge is -2.12. The molecule has 2 amide bonds. The number of nitrogens with two attached hydrogens (primary N) is 2. The predicted octanol–water partition coefficient (Wildman–Crippen LogP) is 0.570.